The summed E-state index contributed by atoms with van der Waals surface area (Å²) in [6, 6.07) is 14.2. The average Bonchev–Trinajstić information content (AvgIpc) is 2.91. The van der Waals surface area contributed by atoms with Crippen LogP contribution in [0.15, 0.2) is 42.5 Å². The number of fused-ring (bicyclic) bond motifs is 1. The Morgan fingerprint density at radius 2 is 1.80 bits per heavy atom. The van der Waals surface area contributed by atoms with E-state index >= 15 is 0 Å². The minimum absolute atomic E-state index is 0.0926. The standard InChI is InChI=1S/C16H12N2O2/c17-8-11-5-6-15(19)14(7-11)16(20)18-9-12-3-1-2-4-13(12)10-18/h1-7,19H,9-10H2. The summed E-state index contributed by atoms with van der Waals surface area (Å²) in [6.45, 7) is 1.07. The molecule has 0 atom stereocenters. The lowest BCUT2D eigenvalue weighted by atomic mass is 10.1. The zero-order valence-corrected chi connectivity index (χ0v) is 10.7. The quantitative estimate of drug-likeness (QED) is 0.860. The highest BCUT2D eigenvalue weighted by atomic mass is 16.3. The van der Waals surface area contributed by atoms with E-state index in [1.165, 1.54) is 18.2 Å². The summed E-state index contributed by atoms with van der Waals surface area (Å²) < 4.78 is 0. The Kier molecular flexibility index (Phi) is 2.88. The molecule has 1 aliphatic rings. The number of nitrogens with zero attached hydrogens (tertiary/aromatic N) is 2. The molecule has 0 saturated carbocycles. The van der Waals surface area contributed by atoms with E-state index in [1.807, 2.05) is 30.3 Å². The van der Waals surface area contributed by atoms with Crippen molar-refractivity contribution in [1.29, 1.82) is 5.26 Å². The summed E-state index contributed by atoms with van der Waals surface area (Å²) in [5.74, 6) is -0.347. The van der Waals surface area contributed by atoms with Gasteiger partial charge < -0.3 is 10.0 Å². The van der Waals surface area contributed by atoms with Crippen LogP contribution in [0.5, 0.6) is 5.75 Å². The number of benzene rings is 2. The first-order valence-corrected chi connectivity index (χ1v) is 6.28. The molecule has 0 saturated heterocycles. The molecular formula is C16H12N2O2. The molecule has 0 fully saturated rings. The molecule has 0 aromatic heterocycles. The van der Waals surface area contributed by atoms with Crippen LogP contribution in [0.25, 0.3) is 0 Å². The predicted octanol–water partition coefficient (Wildman–Crippen LogP) is 2.42. The third-order valence-corrected chi connectivity index (χ3v) is 3.48. The summed E-state index contributed by atoms with van der Waals surface area (Å²) in [4.78, 5) is 14.1. The Labute approximate surface area is 116 Å². The summed E-state index contributed by atoms with van der Waals surface area (Å²) >= 11 is 0. The third-order valence-electron chi connectivity index (χ3n) is 3.48. The number of phenols is 1. The number of phenolic OH excluding ortho intramolecular Hbond substituents is 1. The second-order valence-electron chi connectivity index (χ2n) is 4.77. The monoisotopic (exact) mass is 264 g/mol. The molecule has 4 nitrogen and oxygen atoms in total. The van der Waals surface area contributed by atoms with E-state index in [2.05, 4.69) is 0 Å². The normalized spacial score (nSPS) is 12.8. The zero-order chi connectivity index (χ0) is 14.1. The van der Waals surface area contributed by atoms with Crippen LogP contribution in [0.3, 0.4) is 0 Å². The molecule has 1 amide bonds. The maximum atomic E-state index is 12.5. The number of hydrogen-bond donors (Lipinski definition) is 1. The highest BCUT2D eigenvalue weighted by Crippen LogP contribution is 2.27. The van der Waals surface area contributed by atoms with Gasteiger partial charge in [-0.25, -0.2) is 0 Å². The fraction of sp³-hybridized carbons (Fsp3) is 0.125. The van der Waals surface area contributed by atoms with Crippen molar-refractivity contribution in [3.05, 3.63) is 64.7 Å². The van der Waals surface area contributed by atoms with Crippen molar-refractivity contribution in [3.63, 3.8) is 0 Å². The number of nitriles is 1. The van der Waals surface area contributed by atoms with Crippen LogP contribution >= 0.6 is 0 Å². The van der Waals surface area contributed by atoms with E-state index in [-0.39, 0.29) is 17.2 Å². The number of amides is 1. The number of rotatable bonds is 1. The van der Waals surface area contributed by atoms with Crippen molar-refractivity contribution in [3.8, 4) is 11.8 Å². The lowest BCUT2D eigenvalue weighted by Gasteiger charge is -2.16. The first-order chi connectivity index (χ1) is 9.69. The Morgan fingerprint density at radius 3 is 2.40 bits per heavy atom. The van der Waals surface area contributed by atoms with Gasteiger partial charge in [0.1, 0.15) is 5.75 Å². The summed E-state index contributed by atoms with van der Waals surface area (Å²) in [7, 11) is 0. The predicted molar refractivity (Wildman–Crippen MR) is 72.8 cm³/mol. The van der Waals surface area contributed by atoms with Gasteiger partial charge in [0, 0.05) is 13.1 Å². The Bertz CT molecular complexity index is 706. The van der Waals surface area contributed by atoms with Gasteiger partial charge in [-0.1, -0.05) is 24.3 Å². The van der Waals surface area contributed by atoms with E-state index in [1.54, 1.807) is 4.90 Å². The van der Waals surface area contributed by atoms with Crippen molar-refractivity contribution >= 4 is 5.91 Å². The Hall–Kier alpha value is -2.80. The minimum Gasteiger partial charge on any atom is -0.507 e. The van der Waals surface area contributed by atoms with Crippen LogP contribution in [0.2, 0.25) is 0 Å². The van der Waals surface area contributed by atoms with Gasteiger partial charge in [0.2, 0.25) is 0 Å². The molecule has 1 aliphatic heterocycles. The largest absolute Gasteiger partial charge is 0.507 e. The van der Waals surface area contributed by atoms with Crippen molar-refractivity contribution in [2.24, 2.45) is 0 Å². The van der Waals surface area contributed by atoms with Gasteiger partial charge in [-0.2, -0.15) is 5.26 Å². The van der Waals surface area contributed by atoms with Gasteiger partial charge in [0.15, 0.2) is 0 Å². The van der Waals surface area contributed by atoms with Crippen molar-refractivity contribution in [1.82, 2.24) is 4.90 Å². The molecule has 20 heavy (non-hydrogen) atoms. The van der Waals surface area contributed by atoms with Crippen LogP contribution < -0.4 is 0 Å². The average molecular weight is 264 g/mol. The molecule has 2 aromatic rings. The van der Waals surface area contributed by atoms with Crippen LogP contribution in [-0.2, 0) is 13.1 Å². The maximum Gasteiger partial charge on any atom is 0.258 e. The van der Waals surface area contributed by atoms with E-state index in [4.69, 9.17) is 5.26 Å². The highest BCUT2D eigenvalue weighted by molar-refractivity contribution is 5.97. The van der Waals surface area contributed by atoms with E-state index in [0.29, 0.717) is 18.7 Å². The molecule has 4 heteroatoms. The van der Waals surface area contributed by atoms with Gasteiger partial charge in [-0.05, 0) is 29.3 Å². The highest BCUT2D eigenvalue weighted by Gasteiger charge is 2.25. The third kappa shape index (κ3) is 1.99. The molecule has 98 valence electrons. The van der Waals surface area contributed by atoms with Gasteiger partial charge in [0.05, 0.1) is 17.2 Å². The summed E-state index contributed by atoms with van der Waals surface area (Å²) in [5, 5.41) is 18.7. The first kappa shape index (κ1) is 12.2. The second-order valence-corrected chi connectivity index (χ2v) is 4.77. The molecule has 2 aromatic carbocycles. The van der Waals surface area contributed by atoms with Gasteiger partial charge in [-0.3, -0.25) is 4.79 Å². The van der Waals surface area contributed by atoms with Crippen molar-refractivity contribution < 1.29 is 9.90 Å². The number of carbonyl (C=O) groups is 1. The number of carbonyl (C=O) groups excluding carboxylic acids is 1. The fourth-order valence-corrected chi connectivity index (χ4v) is 2.42. The topological polar surface area (TPSA) is 64.3 Å². The minimum atomic E-state index is -0.254. The molecule has 0 radical (unpaired) electrons. The van der Waals surface area contributed by atoms with Crippen LogP contribution in [0.4, 0.5) is 0 Å². The smallest absolute Gasteiger partial charge is 0.258 e. The van der Waals surface area contributed by atoms with Crippen molar-refractivity contribution in [2.75, 3.05) is 0 Å². The molecule has 3 rings (SSSR count). The molecule has 1 heterocycles. The van der Waals surface area contributed by atoms with E-state index < -0.39 is 0 Å². The molecule has 0 bridgehead atoms. The summed E-state index contributed by atoms with van der Waals surface area (Å²) in [6.07, 6.45) is 0. The van der Waals surface area contributed by atoms with Gasteiger partial charge in [0.25, 0.3) is 5.91 Å². The molecule has 1 N–H and O–H groups in total. The molecular weight excluding hydrogens is 252 g/mol. The molecule has 0 aliphatic carbocycles. The fourth-order valence-electron chi connectivity index (χ4n) is 2.42. The second kappa shape index (κ2) is 4.71. The first-order valence-electron chi connectivity index (χ1n) is 6.28. The van der Waals surface area contributed by atoms with Crippen molar-refractivity contribution in [2.45, 2.75) is 13.1 Å². The Balaban J connectivity index is 1.90. The van der Waals surface area contributed by atoms with E-state index in [9.17, 15) is 9.90 Å². The zero-order valence-electron chi connectivity index (χ0n) is 10.7. The molecule has 0 spiro atoms. The number of aromatic hydroxyl groups is 1. The van der Waals surface area contributed by atoms with Crippen LogP contribution in [0.1, 0.15) is 27.0 Å². The number of hydrogen-bond acceptors (Lipinski definition) is 3. The van der Waals surface area contributed by atoms with Crippen LogP contribution in [0, 0.1) is 11.3 Å². The van der Waals surface area contributed by atoms with Gasteiger partial charge in [-0.15, -0.1) is 0 Å². The van der Waals surface area contributed by atoms with Crippen LogP contribution in [-0.4, -0.2) is 15.9 Å². The molecule has 0 unspecified atom stereocenters. The van der Waals surface area contributed by atoms with Gasteiger partial charge >= 0.3 is 0 Å². The summed E-state index contributed by atoms with van der Waals surface area (Å²) in [5.41, 5.74) is 2.79. The Morgan fingerprint density at radius 1 is 1.15 bits per heavy atom. The SMILES string of the molecule is N#Cc1ccc(O)c(C(=O)N2Cc3ccccc3C2)c1. The van der Waals surface area contributed by atoms with E-state index in [0.717, 1.165) is 11.1 Å². The lowest BCUT2D eigenvalue weighted by molar-refractivity contribution is 0.0748. The lowest BCUT2D eigenvalue weighted by Crippen LogP contribution is -2.25. The maximum absolute atomic E-state index is 12.5.